The standard InChI is InChI=1S/C32H25ClFN7O2/c1-20-8-9-23(17-22(20)10-11-25-19-37-29-7-4-14-38-41(25)29)31(42)36-15-16-40-24(18-35)12-13-28(40)32(43)39-21(2)30-26(33)5-3-6-27(30)34/h3-9,12-14,17,19,21H,15-16H2,1-2H3,(H,36,42)(H,39,43). The SMILES string of the molecule is Cc1ccc(C(=O)NCCn2c(C#N)ccc2C(=O)NC(C)c2c(F)cccc2Cl)cc1C#Cc1cnc2cccnn12. The molecule has 2 aromatic carbocycles. The van der Waals surface area contributed by atoms with Gasteiger partial charge in [-0.1, -0.05) is 29.7 Å². The Labute approximate surface area is 251 Å². The first-order chi connectivity index (χ1) is 20.8. The van der Waals surface area contributed by atoms with Gasteiger partial charge in [-0.05, 0) is 73.9 Å². The lowest BCUT2D eigenvalue weighted by molar-refractivity contribution is 0.0930. The van der Waals surface area contributed by atoms with E-state index in [1.165, 1.54) is 28.8 Å². The fraction of sp³-hybridized carbons (Fsp3) is 0.156. The van der Waals surface area contributed by atoms with Crippen LogP contribution in [0.2, 0.25) is 5.02 Å². The normalized spacial score (nSPS) is 11.3. The Hall–Kier alpha value is -5.45. The Morgan fingerprint density at radius 3 is 2.70 bits per heavy atom. The van der Waals surface area contributed by atoms with Crippen LogP contribution in [0.5, 0.6) is 0 Å². The zero-order valence-electron chi connectivity index (χ0n) is 23.2. The summed E-state index contributed by atoms with van der Waals surface area (Å²) in [5.74, 6) is 4.79. The first kappa shape index (κ1) is 29.1. The van der Waals surface area contributed by atoms with Crippen LogP contribution in [-0.4, -0.2) is 37.5 Å². The molecule has 5 aromatic rings. The second kappa shape index (κ2) is 12.6. The van der Waals surface area contributed by atoms with Crippen molar-refractivity contribution in [3.63, 3.8) is 0 Å². The number of carbonyl (C=O) groups excluding carboxylic acids is 2. The molecule has 43 heavy (non-hydrogen) atoms. The van der Waals surface area contributed by atoms with Crippen LogP contribution < -0.4 is 10.6 Å². The van der Waals surface area contributed by atoms with Gasteiger partial charge in [0.1, 0.15) is 29.0 Å². The van der Waals surface area contributed by atoms with Crippen molar-refractivity contribution in [3.05, 3.63) is 123 Å². The number of benzene rings is 2. The van der Waals surface area contributed by atoms with Gasteiger partial charge in [0.05, 0.1) is 12.2 Å². The Balaban J connectivity index is 1.26. The molecule has 2 amide bonds. The van der Waals surface area contributed by atoms with Crippen molar-refractivity contribution < 1.29 is 14.0 Å². The number of nitrogens with zero attached hydrogens (tertiary/aromatic N) is 5. The van der Waals surface area contributed by atoms with Crippen LogP contribution in [0.25, 0.3) is 5.65 Å². The van der Waals surface area contributed by atoms with Crippen LogP contribution in [0.4, 0.5) is 4.39 Å². The summed E-state index contributed by atoms with van der Waals surface area (Å²) in [7, 11) is 0. The molecule has 0 fully saturated rings. The number of rotatable bonds is 7. The molecule has 1 atom stereocenters. The molecule has 3 aromatic heterocycles. The van der Waals surface area contributed by atoms with Crippen molar-refractivity contribution >= 4 is 29.1 Å². The topological polar surface area (TPSA) is 117 Å². The summed E-state index contributed by atoms with van der Waals surface area (Å²) in [5.41, 5.74) is 3.90. The van der Waals surface area contributed by atoms with Gasteiger partial charge < -0.3 is 15.2 Å². The maximum Gasteiger partial charge on any atom is 0.268 e. The average molecular weight is 594 g/mol. The van der Waals surface area contributed by atoms with E-state index in [0.717, 1.165) is 5.56 Å². The number of aryl methyl sites for hydroxylation is 1. The first-order valence-corrected chi connectivity index (χ1v) is 13.7. The van der Waals surface area contributed by atoms with E-state index >= 15 is 0 Å². The third-order valence-electron chi connectivity index (χ3n) is 6.83. The fourth-order valence-electron chi connectivity index (χ4n) is 4.60. The zero-order chi connectivity index (χ0) is 30.5. The van der Waals surface area contributed by atoms with E-state index < -0.39 is 17.8 Å². The van der Waals surface area contributed by atoms with Gasteiger partial charge in [0.15, 0.2) is 5.65 Å². The van der Waals surface area contributed by atoms with E-state index in [-0.39, 0.29) is 41.0 Å². The molecule has 11 heteroatoms. The minimum absolute atomic E-state index is 0.138. The lowest BCUT2D eigenvalue weighted by Crippen LogP contribution is -2.32. The number of hydrogen-bond donors (Lipinski definition) is 2. The third-order valence-corrected chi connectivity index (χ3v) is 7.16. The summed E-state index contributed by atoms with van der Waals surface area (Å²) in [4.78, 5) is 30.4. The maximum absolute atomic E-state index is 14.3. The van der Waals surface area contributed by atoms with Crippen molar-refractivity contribution in [1.82, 2.24) is 29.8 Å². The van der Waals surface area contributed by atoms with Crippen LogP contribution in [0, 0.1) is 35.9 Å². The summed E-state index contributed by atoms with van der Waals surface area (Å²) in [6.07, 6.45) is 3.30. The molecule has 1 unspecified atom stereocenters. The molecule has 0 radical (unpaired) electrons. The number of amides is 2. The Morgan fingerprint density at radius 2 is 1.91 bits per heavy atom. The molecule has 5 rings (SSSR count). The van der Waals surface area contributed by atoms with E-state index in [4.69, 9.17) is 11.6 Å². The van der Waals surface area contributed by atoms with Crippen molar-refractivity contribution in [3.8, 4) is 17.9 Å². The fourth-order valence-corrected chi connectivity index (χ4v) is 4.93. The minimum atomic E-state index is -0.724. The highest BCUT2D eigenvalue weighted by Crippen LogP contribution is 2.26. The van der Waals surface area contributed by atoms with Gasteiger partial charge in [-0.15, -0.1) is 0 Å². The number of aromatic nitrogens is 4. The molecule has 0 aliphatic rings. The summed E-state index contributed by atoms with van der Waals surface area (Å²) in [5, 5.41) is 19.6. The van der Waals surface area contributed by atoms with Gasteiger partial charge in [0.25, 0.3) is 11.8 Å². The van der Waals surface area contributed by atoms with Crippen LogP contribution >= 0.6 is 11.6 Å². The van der Waals surface area contributed by atoms with Gasteiger partial charge in [0, 0.05) is 41.0 Å². The number of nitriles is 1. The molecule has 0 aliphatic heterocycles. The quantitative estimate of drug-likeness (QED) is 0.262. The van der Waals surface area contributed by atoms with Crippen molar-refractivity contribution in [1.29, 1.82) is 5.26 Å². The molecule has 0 saturated heterocycles. The molecule has 0 aliphatic carbocycles. The number of imidazole rings is 1. The predicted octanol–water partition coefficient (Wildman–Crippen LogP) is 4.82. The number of carbonyl (C=O) groups is 2. The Kier molecular flexibility index (Phi) is 8.51. The molecule has 214 valence electrons. The van der Waals surface area contributed by atoms with Gasteiger partial charge in [0.2, 0.25) is 0 Å². The summed E-state index contributed by atoms with van der Waals surface area (Å²) in [6, 6.07) is 17.5. The number of fused-ring (bicyclic) bond motifs is 1. The Morgan fingerprint density at radius 1 is 1.07 bits per heavy atom. The molecular formula is C32H25ClFN7O2. The van der Waals surface area contributed by atoms with E-state index in [1.807, 2.05) is 19.1 Å². The zero-order valence-corrected chi connectivity index (χ0v) is 24.0. The number of halogens is 2. The monoisotopic (exact) mass is 593 g/mol. The maximum atomic E-state index is 14.3. The highest BCUT2D eigenvalue weighted by atomic mass is 35.5. The highest BCUT2D eigenvalue weighted by Gasteiger charge is 2.21. The summed E-state index contributed by atoms with van der Waals surface area (Å²) >= 11 is 6.15. The predicted molar refractivity (Wildman–Crippen MR) is 159 cm³/mol. The lowest BCUT2D eigenvalue weighted by Gasteiger charge is -2.18. The molecule has 0 saturated carbocycles. The molecule has 0 spiro atoms. The minimum Gasteiger partial charge on any atom is -0.350 e. The van der Waals surface area contributed by atoms with Gasteiger partial charge in [-0.3, -0.25) is 9.59 Å². The van der Waals surface area contributed by atoms with Crippen molar-refractivity contribution in [2.75, 3.05) is 6.54 Å². The number of hydrogen-bond acceptors (Lipinski definition) is 5. The van der Waals surface area contributed by atoms with Crippen LogP contribution in [0.1, 0.15) is 61.9 Å². The Bertz CT molecular complexity index is 1940. The van der Waals surface area contributed by atoms with Gasteiger partial charge in [-0.2, -0.15) is 10.4 Å². The highest BCUT2D eigenvalue weighted by molar-refractivity contribution is 6.31. The third kappa shape index (κ3) is 6.25. The lowest BCUT2D eigenvalue weighted by atomic mass is 10.0. The molecule has 0 bridgehead atoms. The van der Waals surface area contributed by atoms with Crippen LogP contribution in [0.3, 0.4) is 0 Å². The van der Waals surface area contributed by atoms with Crippen molar-refractivity contribution in [2.45, 2.75) is 26.4 Å². The van der Waals surface area contributed by atoms with Gasteiger partial charge in [-0.25, -0.2) is 13.9 Å². The molecule has 2 N–H and O–H groups in total. The smallest absolute Gasteiger partial charge is 0.268 e. The second-order valence-corrected chi connectivity index (χ2v) is 10.1. The second-order valence-electron chi connectivity index (χ2n) is 9.67. The number of nitrogens with one attached hydrogen (secondary N) is 2. The molecule has 3 heterocycles. The summed E-state index contributed by atoms with van der Waals surface area (Å²) in [6.45, 7) is 3.82. The summed E-state index contributed by atoms with van der Waals surface area (Å²) < 4.78 is 17.5. The van der Waals surface area contributed by atoms with E-state index in [0.29, 0.717) is 22.5 Å². The molecule has 9 nitrogen and oxygen atoms in total. The van der Waals surface area contributed by atoms with E-state index in [9.17, 15) is 19.2 Å². The van der Waals surface area contributed by atoms with Gasteiger partial charge >= 0.3 is 0 Å². The first-order valence-electron chi connectivity index (χ1n) is 13.3. The van der Waals surface area contributed by atoms with Crippen LogP contribution in [-0.2, 0) is 6.54 Å². The van der Waals surface area contributed by atoms with E-state index in [2.05, 4.69) is 38.6 Å². The average Bonchev–Trinajstić information content (AvgIpc) is 3.60. The van der Waals surface area contributed by atoms with E-state index in [1.54, 1.807) is 48.1 Å². The molecular weight excluding hydrogens is 569 g/mol. The van der Waals surface area contributed by atoms with Crippen molar-refractivity contribution in [2.24, 2.45) is 0 Å². The van der Waals surface area contributed by atoms with Crippen LogP contribution in [0.15, 0.2) is 73.1 Å². The largest absolute Gasteiger partial charge is 0.350 e.